The molecular formula is C23H25ClF3NO4S. The van der Waals surface area contributed by atoms with E-state index in [2.05, 4.69) is 5.32 Å². The topological polar surface area (TPSA) is 83.5 Å². The Balaban J connectivity index is 1.90. The summed E-state index contributed by atoms with van der Waals surface area (Å²) in [4.78, 5) is 12.4. The summed E-state index contributed by atoms with van der Waals surface area (Å²) < 4.78 is 66.9. The van der Waals surface area contributed by atoms with Gasteiger partial charge in [-0.3, -0.25) is 4.79 Å². The highest BCUT2D eigenvalue weighted by molar-refractivity contribution is 7.92. The quantitative estimate of drug-likeness (QED) is 0.530. The van der Waals surface area contributed by atoms with Gasteiger partial charge in [0.25, 0.3) is 5.91 Å². The lowest BCUT2D eigenvalue weighted by Gasteiger charge is -2.39. The predicted molar refractivity (Wildman–Crippen MR) is 119 cm³/mol. The first-order valence-electron chi connectivity index (χ1n) is 10.6. The third-order valence-electron chi connectivity index (χ3n) is 6.45. The number of sulfone groups is 1. The summed E-state index contributed by atoms with van der Waals surface area (Å²) in [5.41, 5.74) is -0.412. The summed E-state index contributed by atoms with van der Waals surface area (Å²) in [6.45, 7) is 3.86. The molecule has 1 unspecified atom stereocenters. The summed E-state index contributed by atoms with van der Waals surface area (Å²) in [6, 6.07) is 4.93. The minimum absolute atomic E-state index is 0.00652. The SMILES string of the molecule is CCC1C[C@@H](S(=O)(=O)c2cc(C(=O)Nc3cc(F)c(F)c(F)c3)ccc2Cl)C[C@H](C)[C@@H]1CO. The second-order valence-corrected chi connectivity index (χ2v) is 11.1. The molecule has 0 aliphatic heterocycles. The molecule has 0 heterocycles. The normalized spacial score (nSPS) is 23.4. The first-order chi connectivity index (χ1) is 15.5. The van der Waals surface area contributed by atoms with Crippen LogP contribution < -0.4 is 5.32 Å². The van der Waals surface area contributed by atoms with Gasteiger partial charge < -0.3 is 10.4 Å². The van der Waals surface area contributed by atoms with Crippen molar-refractivity contribution in [2.45, 2.75) is 43.3 Å². The molecule has 1 fully saturated rings. The van der Waals surface area contributed by atoms with Crippen molar-refractivity contribution in [1.29, 1.82) is 0 Å². The van der Waals surface area contributed by atoms with Gasteiger partial charge in [-0.05, 0) is 48.8 Å². The highest BCUT2D eigenvalue weighted by atomic mass is 35.5. The van der Waals surface area contributed by atoms with E-state index in [-0.39, 0.29) is 45.5 Å². The molecule has 3 rings (SSSR count). The van der Waals surface area contributed by atoms with E-state index in [0.29, 0.717) is 25.0 Å². The zero-order chi connectivity index (χ0) is 24.5. The molecule has 4 atom stereocenters. The molecule has 0 saturated heterocycles. The van der Waals surface area contributed by atoms with E-state index in [0.717, 1.165) is 12.5 Å². The molecule has 0 bridgehead atoms. The third-order valence-corrected chi connectivity index (χ3v) is 9.11. The summed E-state index contributed by atoms with van der Waals surface area (Å²) >= 11 is 6.19. The molecule has 5 nitrogen and oxygen atoms in total. The summed E-state index contributed by atoms with van der Waals surface area (Å²) in [5, 5.41) is 11.2. The van der Waals surface area contributed by atoms with Gasteiger partial charge in [0.2, 0.25) is 0 Å². The number of carbonyl (C=O) groups is 1. The fourth-order valence-corrected chi connectivity index (χ4v) is 7.08. The van der Waals surface area contributed by atoms with Gasteiger partial charge in [-0.1, -0.05) is 31.9 Å². The molecule has 0 radical (unpaired) electrons. The van der Waals surface area contributed by atoms with Crippen LogP contribution >= 0.6 is 11.6 Å². The van der Waals surface area contributed by atoms with E-state index in [4.69, 9.17) is 11.6 Å². The van der Waals surface area contributed by atoms with E-state index in [9.17, 15) is 31.5 Å². The number of anilines is 1. The minimum Gasteiger partial charge on any atom is -0.396 e. The highest BCUT2D eigenvalue weighted by Crippen LogP contribution is 2.41. The van der Waals surface area contributed by atoms with E-state index in [1.165, 1.54) is 12.1 Å². The lowest BCUT2D eigenvalue weighted by Crippen LogP contribution is -2.39. The van der Waals surface area contributed by atoms with Gasteiger partial charge in [0.15, 0.2) is 27.3 Å². The van der Waals surface area contributed by atoms with Crippen LogP contribution in [0, 0.1) is 35.2 Å². The van der Waals surface area contributed by atoms with Crippen molar-refractivity contribution in [1.82, 2.24) is 0 Å². The van der Waals surface area contributed by atoms with Crippen molar-refractivity contribution in [3.05, 3.63) is 58.4 Å². The minimum atomic E-state index is -3.91. The van der Waals surface area contributed by atoms with Gasteiger partial charge in [0.1, 0.15) is 0 Å². The van der Waals surface area contributed by atoms with Crippen molar-refractivity contribution in [3.8, 4) is 0 Å². The molecule has 1 saturated carbocycles. The van der Waals surface area contributed by atoms with Gasteiger partial charge in [0.05, 0.1) is 15.2 Å². The fourth-order valence-electron chi connectivity index (χ4n) is 4.59. The van der Waals surface area contributed by atoms with Gasteiger partial charge >= 0.3 is 0 Å². The number of rotatable bonds is 6. The number of amides is 1. The molecule has 0 aromatic heterocycles. The number of halogens is 4. The van der Waals surface area contributed by atoms with Crippen molar-refractivity contribution >= 4 is 33.0 Å². The summed E-state index contributed by atoms with van der Waals surface area (Å²) in [5.74, 6) is -5.40. The average molecular weight is 504 g/mol. The molecule has 10 heteroatoms. The Labute approximate surface area is 195 Å². The van der Waals surface area contributed by atoms with Gasteiger partial charge in [-0.2, -0.15) is 0 Å². The Kier molecular flexibility index (Phi) is 7.76. The number of aliphatic hydroxyl groups is 1. The maximum atomic E-state index is 13.5. The molecule has 180 valence electrons. The second-order valence-electron chi connectivity index (χ2n) is 8.48. The van der Waals surface area contributed by atoms with Gasteiger partial charge in [0, 0.05) is 30.0 Å². The highest BCUT2D eigenvalue weighted by Gasteiger charge is 2.41. The number of benzene rings is 2. The molecule has 1 aliphatic rings. The molecule has 2 aromatic carbocycles. The number of aliphatic hydroxyl groups excluding tert-OH is 1. The molecule has 33 heavy (non-hydrogen) atoms. The van der Waals surface area contributed by atoms with E-state index in [1.807, 2.05) is 13.8 Å². The molecule has 2 N–H and O–H groups in total. The van der Waals surface area contributed by atoms with E-state index < -0.39 is 38.4 Å². The lowest BCUT2D eigenvalue weighted by molar-refractivity contribution is 0.0881. The maximum absolute atomic E-state index is 13.5. The van der Waals surface area contributed by atoms with Crippen LogP contribution in [-0.2, 0) is 9.84 Å². The summed E-state index contributed by atoms with van der Waals surface area (Å²) in [7, 11) is -3.91. The largest absolute Gasteiger partial charge is 0.396 e. The first kappa shape index (κ1) is 25.5. The average Bonchev–Trinajstić information content (AvgIpc) is 2.76. The monoisotopic (exact) mass is 503 g/mol. The molecule has 1 amide bonds. The van der Waals surface area contributed by atoms with Crippen LogP contribution in [0.15, 0.2) is 35.2 Å². The maximum Gasteiger partial charge on any atom is 0.255 e. The van der Waals surface area contributed by atoms with Crippen LogP contribution in [0.3, 0.4) is 0 Å². The number of hydrogen-bond acceptors (Lipinski definition) is 4. The number of carbonyl (C=O) groups excluding carboxylic acids is 1. The van der Waals surface area contributed by atoms with Crippen LogP contribution in [0.5, 0.6) is 0 Å². The number of nitrogens with one attached hydrogen (secondary N) is 1. The van der Waals surface area contributed by atoms with Gasteiger partial charge in [-0.15, -0.1) is 0 Å². The number of hydrogen-bond donors (Lipinski definition) is 2. The Hall–Kier alpha value is -2.10. The third kappa shape index (κ3) is 5.20. The predicted octanol–water partition coefficient (Wildman–Crippen LogP) is 5.22. The Bertz CT molecular complexity index is 1140. The van der Waals surface area contributed by atoms with Crippen LogP contribution in [0.2, 0.25) is 5.02 Å². The van der Waals surface area contributed by atoms with Crippen molar-refractivity contribution in [3.63, 3.8) is 0 Å². The van der Waals surface area contributed by atoms with Crippen molar-refractivity contribution in [2.24, 2.45) is 17.8 Å². The Morgan fingerprint density at radius 1 is 1.15 bits per heavy atom. The van der Waals surface area contributed by atoms with E-state index in [1.54, 1.807) is 0 Å². The van der Waals surface area contributed by atoms with Crippen molar-refractivity contribution in [2.75, 3.05) is 11.9 Å². The van der Waals surface area contributed by atoms with Crippen LogP contribution in [-0.4, -0.2) is 31.3 Å². The smallest absolute Gasteiger partial charge is 0.255 e. The van der Waals surface area contributed by atoms with Crippen LogP contribution in [0.25, 0.3) is 0 Å². The fraction of sp³-hybridized carbons (Fsp3) is 0.435. The Morgan fingerprint density at radius 3 is 2.36 bits per heavy atom. The zero-order valence-corrected chi connectivity index (χ0v) is 19.7. The molecular weight excluding hydrogens is 479 g/mol. The zero-order valence-electron chi connectivity index (χ0n) is 18.1. The van der Waals surface area contributed by atoms with Crippen LogP contribution in [0.1, 0.15) is 43.5 Å². The van der Waals surface area contributed by atoms with Crippen LogP contribution in [0.4, 0.5) is 18.9 Å². The molecule has 0 spiro atoms. The Morgan fingerprint density at radius 2 is 1.79 bits per heavy atom. The van der Waals surface area contributed by atoms with Gasteiger partial charge in [-0.25, -0.2) is 21.6 Å². The standard InChI is InChI=1S/C23H25ClF3NO4S/c1-3-13-7-16(6-12(2)17(13)11-29)33(31,32)21-8-14(4-5-18(21)24)23(30)28-15-9-19(25)22(27)20(26)10-15/h4-5,8-10,12-13,16-17,29H,3,6-7,11H2,1-2H3,(H,28,30)/t12-,13?,16-,17-/m0/s1. The molecule has 1 aliphatic carbocycles. The van der Waals surface area contributed by atoms with E-state index >= 15 is 0 Å². The molecule has 2 aromatic rings. The lowest BCUT2D eigenvalue weighted by atomic mass is 9.72. The second kappa shape index (κ2) is 10.0. The van der Waals surface area contributed by atoms with Crippen molar-refractivity contribution < 1.29 is 31.5 Å². The first-order valence-corrected chi connectivity index (χ1v) is 12.5. The summed E-state index contributed by atoms with van der Waals surface area (Å²) in [6.07, 6.45) is 1.45.